The van der Waals surface area contributed by atoms with E-state index in [-0.39, 0.29) is 0 Å². The molecule has 0 aliphatic carbocycles. The van der Waals surface area contributed by atoms with E-state index in [0.29, 0.717) is 12.3 Å². The van der Waals surface area contributed by atoms with Crippen molar-refractivity contribution in [1.29, 1.82) is 0 Å². The zero-order valence-electron chi connectivity index (χ0n) is 14.9. The van der Waals surface area contributed by atoms with Crippen LogP contribution in [0, 0.1) is 0 Å². The lowest BCUT2D eigenvalue weighted by atomic mass is 10.0. The molecule has 0 aliphatic heterocycles. The molecule has 0 radical (unpaired) electrons. The summed E-state index contributed by atoms with van der Waals surface area (Å²) in [6, 6.07) is 23.9. The van der Waals surface area contributed by atoms with Gasteiger partial charge in [-0.1, -0.05) is 48.5 Å². The van der Waals surface area contributed by atoms with Gasteiger partial charge in [-0.05, 0) is 38.4 Å². The second kappa shape index (κ2) is 6.65. The van der Waals surface area contributed by atoms with E-state index in [4.69, 9.17) is 5.10 Å². The molecule has 0 aliphatic rings. The van der Waals surface area contributed by atoms with Crippen molar-refractivity contribution in [3.63, 3.8) is 0 Å². The molecule has 0 atom stereocenters. The summed E-state index contributed by atoms with van der Waals surface area (Å²) in [6.07, 6.45) is 0. The Bertz CT molecular complexity index is 1040. The van der Waals surface area contributed by atoms with E-state index in [0.717, 1.165) is 33.4 Å². The van der Waals surface area contributed by atoms with Gasteiger partial charge < -0.3 is 10.0 Å². The Morgan fingerprint density at radius 2 is 1.54 bits per heavy atom. The van der Waals surface area contributed by atoms with E-state index in [2.05, 4.69) is 17.0 Å². The molecule has 1 heterocycles. The fourth-order valence-electron chi connectivity index (χ4n) is 3.31. The third-order valence-corrected chi connectivity index (χ3v) is 4.45. The maximum atomic E-state index is 10.5. The summed E-state index contributed by atoms with van der Waals surface area (Å²) < 4.78 is 1.95. The van der Waals surface area contributed by atoms with Crippen molar-refractivity contribution in [1.82, 2.24) is 14.7 Å². The van der Waals surface area contributed by atoms with Gasteiger partial charge in [-0.3, -0.25) is 0 Å². The number of aromatic hydroxyl groups is 1. The Morgan fingerprint density at radius 3 is 2.19 bits per heavy atom. The van der Waals surface area contributed by atoms with Crippen LogP contribution in [-0.4, -0.2) is 33.9 Å². The second-order valence-electron chi connectivity index (χ2n) is 6.66. The van der Waals surface area contributed by atoms with Gasteiger partial charge in [0.25, 0.3) is 0 Å². The number of rotatable bonds is 4. The number of para-hydroxylation sites is 1. The second-order valence-corrected chi connectivity index (χ2v) is 6.66. The maximum Gasteiger partial charge on any atom is 0.120 e. The van der Waals surface area contributed by atoms with Crippen LogP contribution in [0.25, 0.3) is 27.8 Å². The topological polar surface area (TPSA) is 41.3 Å². The molecule has 130 valence electrons. The van der Waals surface area contributed by atoms with Crippen LogP contribution in [-0.2, 0) is 6.54 Å². The van der Waals surface area contributed by atoms with Crippen molar-refractivity contribution in [2.75, 3.05) is 14.1 Å². The standard InChI is InChI=1S/C22H21N3O/c1-24(2)15-18-20(26)14-13-19-21(18)22(16-9-5-3-6-10-16)23-25(19)17-11-7-4-8-12-17/h3-14,26H,15H2,1-2H3. The molecule has 0 spiro atoms. The summed E-state index contributed by atoms with van der Waals surface area (Å²) in [7, 11) is 4.00. The first kappa shape index (κ1) is 16.4. The smallest absolute Gasteiger partial charge is 0.120 e. The quantitative estimate of drug-likeness (QED) is 0.595. The highest BCUT2D eigenvalue weighted by Crippen LogP contribution is 2.36. The molecule has 0 saturated heterocycles. The van der Waals surface area contributed by atoms with Crippen molar-refractivity contribution in [3.05, 3.63) is 78.4 Å². The minimum absolute atomic E-state index is 0.302. The molecule has 1 aromatic heterocycles. The minimum Gasteiger partial charge on any atom is -0.508 e. The Morgan fingerprint density at radius 1 is 0.885 bits per heavy atom. The summed E-state index contributed by atoms with van der Waals surface area (Å²) >= 11 is 0. The molecule has 4 nitrogen and oxygen atoms in total. The van der Waals surface area contributed by atoms with Crippen molar-refractivity contribution in [3.8, 4) is 22.7 Å². The molecule has 3 aromatic carbocycles. The first-order chi connectivity index (χ1) is 12.6. The van der Waals surface area contributed by atoms with Gasteiger partial charge in [-0.15, -0.1) is 0 Å². The molecular formula is C22H21N3O. The van der Waals surface area contributed by atoms with Gasteiger partial charge >= 0.3 is 0 Å². The van der Waals surface area contributed by atoms with Crippen LogP contribution in [0.4, 0.5) is 0 Å². The van der Waals surface area contributed by atoms with E-state index in [1.54, 1.807) is 6.07 Å². The summed E-state index contributed by atoms with van der Waals surface area (Å²) in [5.41, 5.74) is 4.81. The van der Waals surface area contributed by atoms with E-state index < -0.39 is 0 Å². The Kier molecular flexibility index (Phi) is 4.19. The molecule has 0 amide bonds. The average molecular weight is 343 g/mol. The van der Waals surface area contributed by atoms with E-state index in [1.807, 2.05) is 73.4 Å². The van der Waals surface area contributed by atoms with Crippen molar-refractivity contribution < 1.29 is 5.11 Å². The van der Waals surface area contributed by atoms with Gasteiger partial charge in [0.05, 0.1) is 11.2 Å². The highest BCUT2D eigenvalue weighted by Gasteiger charge is 2.19. The summed E-state index contributed by atoms with van der Waals surface area (Å²) in [5, 5.41) is 16.5. The third kappa shape index (κ3) is 2.85. The SMILES string of the molecule is CN(C)Cc1c(O)ccc2c1c(-c1ccccc1)nn2-c1ccccc1. The third-order valence-electron chi connectivity index (χ3n) is 4.45. The number of nitrogens with zero attached hydrogens (tertiary/aromatic N) is 3. The van der Waals surface area contributed by atoms with Gasteiger partial charge in [-0.2, -0.15) is 5.10 Å². The zero-order chi connectivity index (χ0) is 18.1. The molecule has 0 unspecified atom stereocenters. The number of benzene rings is 3. The number of phenolic OH excluding ortho intramolecular Hbond substituents is 1. The molecule has 0 bridgehead atoms. The number of hydrogen-bond acceptors (Lipinski definition) is 3. The number of fused-ring (bicyclic) bond motifs is 1. The summed E-state index contributed by atoms with van der Waals surface area (Å²) in [5.74, 6) is 0.302. The summed E-state index contributed by atoms with van der Waals surface area (Å²) in [4.78, 5) is 2.06. The van der Waals surface area contributed by atoms with Crippen molar-refractivity contribution in [2.45, 2.75) is 6.54 Å². The summed E-state index contributed by atoms with van der Waals surface area (Å²) in [6.45, 7) is 0.642. The molecule has 4 heteroatoms. The minimum atomic E-state index is 0.302. The van der Waals surface area contributed by atoms with Crippen molar-refractivity contribution in [2.24, 2.45) is 0 Å². The molecule has 4 aromatic rings. The fourth-order valence-corrected chi connectivity index (χ4v) is 3.31. The Hall–Kier alpha value is -3.11. The average Bonchev–Trinajstić information content (AvgIpc) is 3.05. The van der Waals surface area contributed by atoms with Gasteiger partial charge in [-0.25, -0.2) is 4.68 Å². The molecule has 1 N–H and O–H groups in total. The molecule has 4 rings (SSSR count). The van der Waals surface area contributed by atoms with Crippen LogP contribution in [0.1, 0.15) is 5.56 Å². The predicted octanol–water partition coefficient (Wildman–Crippen LogP) is 4.46. The molecular weight excluding hydrogens is 322 g/mol. The zero-order valence-corrected chi connectivity index (χ0v) is 14.9. The van der Waals surface area contributed by atoms with E-state index >= 15 is 0 Å². The van der Waals surface area contributed by atoms with Crippen LogP contribution in [0.2, 0.25) is 0 Å². The van der Waals surface area contributed by atoms with E-state index in [1.165, 1.54) is 0 Å². The normalized spacial score (nSPS) is 11.3. The van der Waals surface area contributed by atoms with E-state index in [9.17, 15) is 5.11 Å². The van der Waals surface area contributed by atoms with Gasteiger partial charge in [0.1, 0.15) is 11.4 Å². The largest absolute Gasteiger partial charge is 0.508 e. The van der Waals surface area contributed by atoms with Gasteiger partial charge in [0.2, 0.25) is 0 Å². The van der Waals surface area contributed by atoms with Crippen LogP contribution in [0.3, 0.4) is 0 Å². The fraction of sp³-hybridized carbons (Fsp3) is 0.136. The lowest BCUT2D eigenvalue weighted by Crippen LogP contribution is -2.11. The highest BCUT2D eigenvalue weighted by atomic mass is 16.3. The molecule has 26 heavy (non-hydrogen) atoms. The number of aromatic nitrogens is 2. The van der Waals surface area contributed by atoms with Gasteiger partial charge in [0.15, 0.2) is 0 Å². The monoisotopic (exact) mass is 343 g/mol. The van der Waals surface area contributed by atoms with Crippen LogP contribution < -0.4 is 0 Å². The Labute approximate surface area is 152 Å². The Balaban J connectivity index is 2.07. The highest BCUT2D eigenvalue weighted by molar-refractivity contribution is 5.98. The number of hydrogen-bond donors (Lipinski definition) is 1. The van der Waals surface area contributed by atoms with Crippen LogP contribution >= 0.6 is 0 Å². The lowest BCUT2D eigenvalue weighted by molar-refractivity contribution is 0.388. The molecule has 0 saturated carbocycles. The van der Waals surface area contributed by atoms with Crippen molar-refractivity contribution >= 4 is 10.9 Å². The first-order valence-electron chi connectivity index (χ1n) is 8.64. The number of phenols is 1. The maximum absolute atomic E-state index is 10.5. The van der Waals surface area contributed by atoms with Crippen LogP contribution in [0.15, 0.2) is 72.8 Å². The first-order valence-corrected chi connectivity index (χ1v) is 8.64. The lowest BCUT2D eigenvalue weighted by Gasteiger charge is -2.13. The predicted molar refractivity (Wildman–Crippen MR) is 106 cm³/mol. The molecule has 0 fully saturated rings. The van der Waals surface area contributed by atoms with Gasteiger partial charge in [0, 0.05) is 23.1 Å². The van der Waals surface area contributed by atoms with Crippen LogP contribution in [0.5, 0.6) is 5.75 Å².